The first-order chi connectivity index (χ1) is 9.93. The van der Waals surface area contributed by atoms with Crippen molar-refractivity contribution in [3.05, 3.63) is 37.9 Å². The van der Waals surface area contributed by atoms with Gasteiger partial charge >= 0.3 is 0 Å². The van der Waals surface area contributed by atoms with Crippen molar-refractivity contribution in [3.8, 4) is 0 Å². The Morgan fingerprint density at radius 1 is 1.52 bits per heavy atom. The van der Waals surface area contributed by atoms with Gasteiger partial charge in [-0.25, -0.2) is 0 Å². The zero-order valence-electron chi connectivity index (χ0n) is 11.3. The van der Waals surface area contributed by atoms with Gasteiger partial charge in [-0.3, -0.25) is 14.9 Å². The maximum Gasteiger partial charge on any atom is 0.290 e. The van der Waals surface area contributed by atoms with E-state index in [0.29, 0.717) is 18.3 Å². The van der Waals surface area contributed by atoms with Crippen LogP contribution < -0.4 is 0 Å². The summed E-state index contributed by atoms with van der Waals surface area (Å²) in [6.07, 6.45) is 0.982. The zero-order valence-corrected chi connectivity index (χ0v) is 13.7. The fraction of sp³-hybridized carbons (Fsp3) is 0.462. The van der Waals surface area contributed by atoms with E-state index in [0.717, 1.165) is 12.2 Å². The van der Waals surface area contributed by atoms with Crippen LogP contribution >= 0.6 is 35.0 Å². The zero-order chi connectivity index (χ0) is 15.6. The van der Waals surface area contributed by atoms with Crippen LogP contribution in [-0.4, -0.2) is 39.8 Å². The van der Waals surface area contributed by atoms with E-state index in [1.165, 1.54) is 12.1 Å². The van der Waals surface area contributed by atoms with Crippen LogP contribution in [0.1, 0.15) is 23.7 Å². The molecule has 0 bridgehead atoms. The van der Waals surface area contributed by atoms with E-state index >= 15 is 0 Å². The lowest BCUT2D eigenvalue weighted by Gasteiger charge is -2.32. The third-order valence-corrected chi connectivity index (χ3v) is 5.50. The highest BCUT2D eigenvalue weighted by Gasteiger charge is 2.26. The molecule has 114 valence electrons. The molecule has 0 radical (unpaired) electrons. The highest BCUT2D eigenvalue weighted by atomic mass is 35.5. The van der Waals surface area contributed by atoms with Crippen LogP contribution in [0.15, 0.2) is 12.1 Å². The van der Waals surface area contributed by atoms with Crippen LogP contribution in [0, 0.1) is 10.1 Å². The predicted molar refractivity (Wildman–Crippen MR) is 85.6 cm³/mol. The summed E-state index contributed by atoms with van der Waals surface area (Å²) >= 11 is 13.5. The Balaban J connectivity index is 2.29. The third kappa shape index (κ3) is 3.62. The summed E-state index contributed by atoms with van der Waals surface area (Å²) in [5.74, 6) is 0.628. The third-order valence-electron chi connectivity index (χ3n) is 3.33. The number of hydrogen-bond acceptors (Lipinski definition) is 4. The molecule has 0 spiro atoms. The first-order valence-electron chi connectivity index (χ1n) is 6.48. The van der Waals surface area contributed by atoms with Gasteiger partial charge in [0.25, 0.3) is 11.6 Å². The van der Waals surface area contributed by atoms with Crippen molar-refractivity contribution in [2.45, 2.75) is 18.6 Å². The van der Waals surface area contributed by atoms with Crippen molar-refractivity contribution in [2.75, 3.05) is 18.8 Å². The molecule has 1 aromatic carbocycles. The molecular formula is C13H14Cl2N2O3S. The van der Waals surface area contributed by atoms with Crippen LogP contribution in [0.4, 0.5) is 5.69 Å². The Labute approximate surface area is 136 Å². The molecule has 1 aliphatic heterocycles. The van der Waals surface area contributed by atoms with Crippen LogP contribution in [0.2, 0.25) is 10.0 Å². The molecule has 1 aliphatic rings. The second-order valence-corrected chi connectivity index (χ2v) is 6.89. The standard InChI is InChI=1S/C13H14Cl2N2O3S/c1-2-9-7-16(3-4-21-9)13(18)8-5-10(14)12(15)11(6-8)17(19)20/h5-6,9H,2-4,7H2,1H3. The maximum atomic E-state index is 12.5. The minimum atomic E-state index is -0.633. The van der Waals surface area contributed by atoms with Crippen LogP contribution in [0.5, 0.6) is 0 Å². The van der Waals surface area contributed by atoms with E-state index in [9.17, 15) is 14.9 Å². The number of amides is 1. The van der Waals surface area contributed by atoms with E-state index < -0.39 is 4.92 Å². The van der Waals surface area contributed by atoms with E-state index in [-0.39, 0.29) is 27.2 Å². The van der Waals surface area contributed by atoms with E-state index in [1.807, 2.05) is 11.8 Å². The first-order valence-corrected chi connectivity index (χ1v) is 8.28. The number of nitro groups is 1. The average Bonchev–Trinajstić information content (AvgIpc) is 2.48. The van der Waals surface area contributed by atoms with Crippen molar-refractivity contribution in [1.82, 2.24) is 4.90 Å². The fourth-order valence-corrected chi connectivity index (χ4v) is 3.74. The van der Waals surface area contributed by atoms with Gasteiger partial charge in [0.2, 0.25) is 0 Å². The number of nitrogens with zero attached hydrogens (tertiary/aromatic N) is 2. The summed E-state index contributed by atoms with van der Waals surface area (Å²) in [4.78, 5) is 24.5. The number of hydrogen-bond donors (Lipinski definition) is 0. The number of nitro benzene ring substituents is 1. The monoisotopic (exact) mass is 348 g/mol. The molecule has 1 fully saturated rings. The fourth-order valence-electron chi connectivity index (χ4n) is 2.16. The molecule has 21 heavy (non-hydrogen) atoms. The molecule has 0 aliphatic carbocycles. The molecule has 8 heteroatoms. The maximum absolute atomic E-state index is 12.5. The van der Waals surface area contributed by atoms with E-state index in [4.69, 9.17) is 23.2 Å². The van der Waals surface area contributed by atoms with Gasteiger partial charge in [0, 0.05) is 35.7 Å². The molecule has 2 rings (SSSR count). The highest BCUT2D eigenvalue weighted by Crippen LogP contribution is 2.34. The van der Waals surface area contributed by atoms with Crippen LogP contribution in [0.3, 0.4) is 0 Å². The summed E-state index contributed by atoms with van der Waals surface area (Å²) in [7, 11) is 0. The smallest absolute Gasteiger partial charge is 0.290 e. The Morgan fingerprint density at radius 2 is 2.24 bits per heavy atom. The number of rotatable bonds is 3. The van der Waals surface area contributed by atoms with Crippen molar-refractivity contribution in [1.29, 1.82) is 0 Å². The molecule has 1 atom stereocenters. The quantitative estimate of drug-likeness (QED) is 0.614. The molecule has 1 amide bonds. The molecule has 0 aromatic heterocycles. The summed E-state index contributed by atoms with van der Waals surface area (Å²) in [5, 5.41) is 11.2. The van der Waals surface area contributed by atoms with Gasteiger partial charge in [-0.15, -0.1) is 0 Å². The number of halogens is 2. The minimum Gasteiger partial charge on any atom is -0.337 e. The lowest BCUT2D eigenvalue weighted by atomic mass is 10.1. The van der Waals surface area contributed by atoms with Crippen molar-refractivity contribution in [3.63, 3.8) is 0 Å². The van der Waals surface area contributed by atoms with Gasteiger partial charge in [0.05, 0.1) is 9.95 Å². The average molecular weight is 349 g/mol. The molecule has 0 saturated carbocycles. The second-order valence-electron chi connectivity index (χ2n) is 4.70. The SMILES string of the molecule is CCC1CN(C(=O)c2cc(Cl)c(Cl)c([N+](=O)[O-])c2)CCS1. The summed E-state index contributed by atoms with van der Waals surface area (Å²) in [6, 6.07) is 2.58. The van der Waals surface area contributed by atoms with Gasteiger partial charge in [-0.1, -0.05) is 30.1 Å². The summed E-state index contributed by atoms with van der Waals surface area (Å²) in [6.45, 7) is 3.36. The van der Waals surface area contributed by atoms with Crippen molar-refractivity contribution < 1.29 is 9.72 Å². The predicted octanol–water partition coefficient (Wildman–Crippen LogP) is 3.87. The molecule has 1 unspecified atom stereocenters. The van der Waals surface area contributed by atoms with Gasteiger partial charge in [-0.05, 0) is 12.5 Å². The van der Waals surface area contributed by atoms with Crippen molar-refractivity contribution in [2.24, 2.45) is 0 Å². The van der Waals surface area contributed by atoms with Crippen molar-refractivity contribution >= 4 is 46.6 Å². The van der Waals surface area contributed by atoms with E-state index in [1.54, 1.807) is 4.90 Å². The number of carbonyl (C=O) groups excluding carboxylic acids is 1. The minimum absolute atomic E-state index is 0.0210. The Kier molecular flexibility index (Phi) is 5.35. The molecule has 1 saturated heterocycles. The van der Waals surface area contributed by atoms with Gasteiger partial charge < -0.3 is 4.90 Å². The summed E-state index contributed by atoms with van der Waals surface area (Å²) in [5.41, 5.74) is -0.135. The van der Waals surface area contributed by atoms with Gasteiger partial charge in [0.1, 0.15) is 5.02 Å². The largest absolute Gasteiger partial charge is 0.337 e. The first kappa shape index (κ1) is 16.4. The molecule has 0 N–H and O–H groups in total. The lowest BCUT2D eigenvalue weighted by molar-refractivity contribution is -0.384. The Morgan fingerprint density at radius 3 is 2.86 bits per heavy atom. The van der Waals surface area contributed by atoms with Crippen LogP contribution in [0.25, 0.3) is 0 Å². The topological polar surface area (TPSA) is 63.5 Å². The highest BCUT2D eigenvalue weighted by molar-refractivity contribution is 8.00. The lowest BCUT2D eigenvalue weighted by Crippen LogP contribution is -2.41. The normalized spacial score (nSPS) is 18.6. The van der Waals surface area contributed by atoms with Gasteiger partial charge in [-0.2, -0.15) is 11.8 Å². The second kappa shape index (κ2) is 6.85. The summed E-state index contributed by atoms with van der Waals surface area (Å²) < 4.78 is 0. The van der Waals surface area contributed by atoms with Crippen LogP contribution in [-0.2, 0) is 0 Å². The number of carbonyl (C=O) groups is 1. The molecular weight excluding hydrogens is 335 g/mol. The van der Waals surface area contributed by atoms with Gasteiger partial charge in [0.15, 0.2) is 0 Å². The molecule has 5 nitrogen and oxygen atoms in total. The Hall–Kier alpha value is -0.980. The number of benzene rings is 1. The molecule has 1 heterocycles. The number of thioether (sulfide) groups is 1. The Bertz CT molecular complexity index is 583. The molecule has 1 aromatic rings. The van der Waals surface area contributed by atoms with E-state index in [2.05, 4.69) is 6.92 Å².